The summed E-state index contributed by atoms with van der Waals surface area (Å²) in [6, 6.07) is 12.5. The minimum absolute atomic E-state index is 0.215. The lowest BCUT2D eigenvalue weighted by molar-refractivity contribution is -0.131. The standard InChI is InChI=1S/C24H26N4O2/c29-24(14-17-1-2-18-7-12-30-16-21(18)13-17)28-10-5-20(6-11-28)23-15-22(26-27-23)19-3-8-25-9-4-19/h1-4,8-9,13,15,20H,5-7,10-12,14,16H2,(H,26,27). The quantitative estimate of drug-likeness (QED) is 0.725. The van der Waals surface area contributed by atoms with Gasteiger partial charge in [-0.1, -0.05) is 18.2 Å². The van der Waals surface area contributed by atoms with Gasteiger partial charge in [0.25, 0.3) is 0 Å². The summed E-state index contributed by atoms with van der Waals surface area (Å²) in [6.07, 6.45) is 6.91. The summed E-state index contributed by atoms with van der Waals surface area (Å²) in [4.78, 5) is 18.9. The molecule has 0 aliphatic carbocycles. The molecule has 2 aromatic heterocycles. The lowest BCUT2D eigenvalue weighted by Gasteiger charge is -2.31. The first kappa shape index (κ1) is 19.0. The zero-order chi connectivity index (χ0) is 20.3. The summed E-state index contributed by atoms with van der Waals surface area (Å²) in [5, 5.41) is 7.66. The van der Waals surface area contributed by atoms with Gasteiger partial charge in [0.1, 0.15) is 0 Å². The van der Waals surface area contributed by atoms with Gasteiger partial charge >= 0.3 is 0 Å². The van der Waals surface area contributed by atoms with E-state index in [9.17, 15) is 4.79 Å². The number of pyridine rings is 1. The number of benzene rings is 1. The maximum atomic E-state index is 12.8. The average Bonchev–Trinajstić information content (AvgIpc) is 3.30. The Bertz CT molecular complexity index is 1020. The summed E-state index contributed by atoms with van der Waals surface area (Å²) in [5.74, 6) is 0.630. The van der Waals surface area contributed by atoms with Gasteiger partial charge in [-0.05, 0) is 54.2 Å². The first-order valence-electron chi connectivity index (χ1n) is 10.7. The number of carbonyl (C=O) groups is 1. The summed E-state index contributed by atoms with van der Waals surface area (Å²) >= 11 is 0. The monoisotopic (exact) mass is 402 g/mol. The molecule has 1 aromatic carbocycles. The van der Waals surface area contributed by atoms with Crippen molar-refractivity contribution in [3.05, 3.63) is 71.2 Å². The molecule has 0 radical (unpaired) electrons. The number of aromatic amines is 1. The van der Waals surface area contributed by atoms with Crippen LogP contribution < -0.4 is 0 Å². The van der Waals surface area contributed by atoms with Gasteiger partial charge < -0.3 is 9.64 Å². The highest BCUT2D eigenvalue weighted by molar-refractivity contribution is 5.79. The topological polar surface area (TPSA) is 71.1 Å². The lowest BCUT2D eigenvalue weighted by atomic mass is 9.92. The van der Waals surface area contributed by atoms with Crippen LogP contribution >= 0.6 is 0 Å². The fraction of sp³-hybridized carbons (Fsp3) is 0.375. The Kier molecular flexibility index (Phi) is 5.32. The van der Waals surface area contributed by atoms with Gasteiger partial charge in [0.05, 0.1) is 25.3 Å². The van der Waals surface area contributed by atoms with Crippen molar-refractivity contribution in [1.82, 2.24) is 20.1 Å². The van der Waals surface area contributed by atoms with Crippen LogP contribution in [0.15, 0.2) is 48.8 Å². The summed E-state index contributed by atoms with van der Waals surface area (Å²) in [5.41, 5.74) is 6.84. The first-order valence-corrected chi connectivity index (χ1v) is 10.7. The number of fused-ring (bicyclic) bond motifs is 1. The van der Waals surface area contributed by atoms with E-state index >= 15 is 0 Å². The SMILES string of the molecule is O=C(Cc1ccc2c(c1)COCC2)N1CCC(c2cc(-c3ccncc3)n[nH]2)CC1. The Balaban J connectivity index is 1.18. The molecule has 1 amide bonds. The summed E-state index contributed by atoms with van der Waals surface area (Å²) in [7, 11) is 0. The number of H-pyrrole nitrogens is 1. The third-order valence-corrected chi connectivity index (χ3v) is 6.26. The molecular weight excluding hydrogens is 376 g/mol. The molecule has 3 aromatic rings. The second-order valence-electron chi connectivity index (χ2n) is 8.18. The molecule has 6 nitrogen and oxygen atoms in total. The smallest absolute Gasteiger partial charge is 0.226 e. The number of nitrogens with one attached hydrogen (secondary N) is 1. The average molecular weight is 402 g/mol. The minimum atomic E-state index is 0.215. The molecule has 1 saturated heterocycles. The number of ether oxygens (including phenoxy) is 1. The van der Waals surface area contributed by atoms with Crippen molar-refractivity contribution in [1.29, 1.82) is 0 Å². The number of piperidine rings is 1. The zero-order valence-corrected chi connectivity index (χ0v) is 17.0. The van der Waals surface area contributed by atoms with Crippen LogP contribution in [-0.4, -0.2) is 45.7 Å². The van der Waals surface area contributed by atoms with Crippen LogP contribution in [-0.2, 0) is 29.0 Å². The van der Waals surface area contributed by atoms with Gasteiger partial charge in [-0.25, -0.2) is 0 Å². The van der Waals surface area contributed by atoms with Crippen molar-refractivity contribution in [2.45, 2.75) is 38.2 Å². The molecule has 2 aliphatic rings. The Labute approximate surface area is 176 Å². The number of amides is 1. The molecule has 0 spiro atoms. The van der Waals surface area contributed by atoms with E-state index in [1.807, 2.05) is 17.0 Å². The molecule has 5 rings (SSSR count). The van der Waals surface area contributed by atoms with Crippen molar-refractivity contribution in [2.24, 2.45) is 0 Å². The zero-order valence-electron chi connectivity index (χ0n) is 17.0. The van der Waals surface area contributed by atoms with Gasteiger partial charge in [-0.2, -0.15) is 5.10 Å². The molecule has 1 N–H and O–H groups in total. The number of carbonyl (C=O) groups excluding carboxylic acids is 1. The van der Waals surface area contributed by atoms with E-state index in [0.29, 0.717) is 18.9 Å². The number of rotatable bonds is 4. The summed E-state index contributed by atoms with van der Waals surface area (Å²) < 4.78 is 5.55. The van der Waals surface area contributed by atoms with E-state index < -0.39 is 0 Å². The van der Waals surface area contributed by atoms with Crippen molar-refractivity contribution in [3.63, 3.8) is 0 Å². The second-order valence-corrected chi connectivity index (χ2v) is 8.18. The molecule has 154 valence electrons. The lowest BCUT2D eigenvalue weighted by Crippen LogP contribution is -2.38. The van der Waals surface area contributed by atoms with E-state index in [-0.39, 0.29) is 5.91 Å². The molecule has 4 heterocycles. The molecule has 0 unspecified atom stereocenters. The van der Waals surface area contributed by atoms with Gasteiger partial charge in [0.15, 0.2) is 0 Å². The van der Waals surface area contributed by atoms with E-state index in [1.165, 1.54) is 11.1 Å². The molecule has 0 bridgehead atoms. The Morgan fingerprint density at radius 1 is 1.10 bits per heavy atom. The van der Waals surface area contributed by atoms with Crippen LogP contribution in [0.3, 0.4) is 0 Å². The normalized spacial score (nSPS) is 17.0. The molecule has 30 heavy (non-hydrogen) atoms. The van der Waals surface area contributed by atoms with E-state index in [1.54, 1.807) is 12.4 Å². The maximum absolute atomic E-state index is 12.8. The first-order chi connectivity index (χ1) is 14.8. The second kappa shape index (κ2) is 8.40. The van der Waals surface area contributed by atoms with Gasteiger partial charge in [0, 0.05) is 42.7 Å². The Hall–Kier alpha value is -2.99. The molecule has 0 atom stereocenters. The van der Waals surface area contributed by atoms with Crippen LogP contribution in [0.1, 0.15) is 41.1 Å². The van der Waals surface area contributed by atoms with Crippen LogP contribution in [0.2, 0.25) is 0 Å². The van der Waals surface area contributed by atoms with E-state index in [0.717, 1.165) is 61.5 Å². The predicted octanol–water partition coefficient (Wildman–Crippen LogP) is 3.49. The highest BCUT2D eigenvalue weighted by Crippen LogP contribution is 2.29. The fourth-order valence-electron chi connectivity index (χ4n) is 4.47. The number of hydrogen-bond donors (Lipinski definition) is 1. The van der Waals surface area contributed by atoms with E-state index in [4.69, 9.17) is 4.74 Å². The van der Waals surface area contributed by atoms with Crippen LogP contribution in [0.5, 0.6) is 0 Å². The Morgan fingerprint density at radius 2 is 1.93 bits per heavy atom. The van der Waals surface area contributed by atoms with Crippen LogP contribution in [0, 0.1) is 0 Å². The number of likely N-dealkylation sites (tertiary alicyclic amines) is 1. The molecular formula is C24H26N4O2. The van der Waals surface area contributed by atoms with Crippen molar-refractivity contribution in [2.75, 3.05) is 19.7 Å². The Morgan fingerprint density at radius 3 is 2.77 bits per heavy atom. The van der Waals surface area contributed by atoms with Gasteiger partial charge in [-0.3, -0.25) is 14.9 Å². The molecule has 0 saturated carbocycles. The third kappa shape index (κ3) is 4.00. The van der Waals surface area contributed by atoms with Crippen molar-refractivity contribution < 1.29 is 9.53 Å². The summed E-state index contributed by atoms with van der Waals surface area (Å²) in [6.45, 7) is 3.04. The molecule has 1 fully saturated rings. The number of hydrogen-bond acceptors (Lipinski definition) is 4. The van der Waals surface area contributed by atoms with Gasteiger partial charge in [-0.15, -0.1) is 0 Å². The third-order valence-electron chi connectivity index (χ3n) is 6.26. The van der Waals surface area contributed by atoms with Crippen molar-refractivity contribution >= 4 is 5.91 Å². The fourth-order valence-corrected chi connectivity index (χ4v) is 4.47. The van der Waals surface area contributed by atoms with Crippen molar-refractivity contribution in [3.8, 4) is 11.3 Å². The molecule has 2 aliphatic heterocycles. The minimum Gasteiger partial charge on any atom is -0.376 e. The maximum Gasteiger partial charge on any atom is 0.226 e. The highest BCUT2D eigenvalue weighted by Gasteiger charge is 2.25. The number of nitrogens with zero attached hydrogens (tertiary/aromatic N) is 3. The molecule has 6 heteroatoms. The highest BCUT2D eigenvalue weighted by atomic mass is 16.5. The van der Waals surface area contributed by atoms with Crippen LogP contribution in [0.25, 0.3) is 11.3 Å². The predicted molar refractivity (Wildman–Crippen MR) is 114 cm³/mol. The number of aromatic nitrogens is 3. The van der Waals surface area contributed by atoms with Gasteiger partial charge in [0.2, 0.25) is 5.91 Å². The van der Waals surface area contributed by atoms with E-state index in [2.05, 4.69) is 39.4 Å². The largest absolute Gasteiger partial charge is 0.376 e. The van der Waals surface area contributed by atoms with Crippen LogP contribution in [0.4, 0.5) is 0 Å².